The van der Waals surface area contributed by atoms with Crippen LogP contribution in [0.25, 0.3) is 10.9 Å². The Morgan fingerprint density at radius 1 is 0.960 bits per heavy atom. The van der Waals surface area contributed by atoms with Gasteiger partial charge in [-0.1, -0.05) is 18.5 Å². The van der Waals surface area contributed by atoms with Gasteiger partial charge < -0.3 is 35.2 Å². The van der Waals surface area contributed by atoms with Crippen molar-refractivity contribution in [3.05, 3.63) is 69.2 Å². The summed E-state index contributed by atoms with van der Waals surface area (Å²) in [6, 6.07) is 11.9. The van der Waals surface area contributed by atoms with E-state index < -0.39 is 52.5 Å². The lowest BCUT2D eigenvalue weighted by Gasteiger charge is -2.49. The third-order valence-corrected chi connectivity index (χ3v) is 10.5. The lowest BCUT2D eigenvalue weighted by Crippen LogP contribution is -2.58. The third-order valence-electron chi connectivity index (χ3n) is 9.10. The first-order valence-electron chi connectivity index (χ1n) is 15.3. The number of rotatable bonds is 13. The number of carboxylic acids is 4. The van der Waals surface area contributed by atoms with Gasteiger partial charge in [-0.25, -0.2) is 4.79 Å². The van der Waals surface area contributed by atoms with Crippen molar-refractivity contribution in [3.8, 4) is 5.75 Å². The van der Waals surface area contributed by atoms with E-state index in [1.807, 2.05) is 14.0 Å². The van der Waals surface area contributed by atoms with Gasteiger partial charge in [0, 0.05) is 38.2 Å². The highest BCUT2D eigenvalue weighted by Crippen LogP contribution is 2.56. The zero-order chi connectivity index (χ0) is 37.6. The second-order valence-corrected chi connectivity index (χ2v) is 13.5. The summed E-state index contributed by atoms with van der Waals surface area (Å²) in [5, 5.41) is 45.9. The van der Waals surface area contributed by atoms with E-state index >= 15 is 0 Å². The van der Waals surface area contributed by atoms with Crippen molar-refractivity contribution in [2.75, 3.05) is 27.2 Å². The van der Waals surface area contributed by atoms with Crippen LogP contribution in [0.3, 0.4) is 0 Å². The summed E-state index contributed by atoms with van der Waals surface area (Å²) >= 11 is 6.86. The Labute approximate surface area is 295 Å². The van der Waals surface area contributed by atoms with Gasteiger partial charge >= 0.3 is 23.9 Å². The van der Waals surface area contributed by atoms with E-state index in [9.17, 15) is 34.0 Å². The normalized spacial score (nSPS) is 15.6. The van der Waals surface area contributed by atoms with Crippen LogP contribution >= 0.6 is 23.5 Å². The van der Waals surface area contributed by atoms with E-state index in [0.29, 0.717) is 64.4 Å². The van der Waals surface area contributed by atoms with Crippen LogP contribution in [0.4, 0.5) is 0 Å². The van der Waals surface area contributed by atoms with Crippen LogP contribution in [0.2, 0.25) is 5.02 Å². The number of likely N-dealkylation sites (tertiary alicyclic amines) is 1. The van der Waals surface area contributed by atoms with Gasteiger partial charge in [-0.2, -0.15) is 0 Å². The van der Waals surface area contributed by atoms with Gasteiger partial charge in [-0.05, 0) is 94.4 Å². The molecule has 1 unspecified atom stereocenters. The summed E-state index contributed by atoms with van der Waals surface area (Å²) in [6.07, 6.45) is -1.16. The second-order valence-electron chi connectivity index (χ2n) is 12.0. The highest BCUT2D eigenvalue weighted by Gasteiger charge is 2.60. The molecule has 1 aliphatic heterocycles. The average Bonchev–Trinajstić information content (AvgIpc) is 3.33. The molecule has 17 heteroatoms. The van der Waals surface area contributed by atoms with Crippen molar-refractivity contribution in [2.24, 2.45) is 4.58 Å². The molecule has 50 heavy (non-hydrogen) atoms. The van der Waals surface area contributed by atoms with Gasteiger partial charge in [0.1, 0.15) is 11.2 Å². The Kier molecular flexibility index (Phi) is 12.8. The van der Waals surface area contributed by atoms with Crippen molar-refractivity contribution in [2.45, 2.75) is 61.7 Å². The first kappa shape index (κ1) is 39.9. The number of aromatic nitrogens is 1. The molecule has 0 bridgehead atoms. The molecule has 0 aliphatic carbocycles. The summed E-state index contributed by atoms with van der Waals surface area (Å²) < 4.78 is 9.24. The molecule has 5 N–H and O–H groups in total. The number of nitrogens with zero attached hydrogens (tertiary/aromatic N) is 3. The molecule has 1 fully saturated rings. The first-order chi connectivity index (χ1) is 23.4. The molecule has 1 saturated heterocycles. The Bertz CT molecular complexity index is 1770. The fraction of sp³-hybridized carbons (Fsp3) is 0.424. The maximum Gasteiger partial charge on any atom is 0.336 e. The molecule has 270 valence electrons. The number of piperidine rings is 1. The predicted molar refractivity (Wildman–Crippen MR) is 184 cm³/mol. The van der Waals surface area contributed by atoms with Crippen LogP contribution < -0.4 is 4.74 Å². The maximum absolute atomic E-state index is 13.8. The van der Waals surface area contributed by atoms with Crippen molar-refractivity contribution in [1.82, 2.24) is 9.47 Å². The van der Waals surface area contributed by atoms with Gasteiger partial charge in [-0.3, -0.25) is 23.7 Å². The maximum atomic E-state index is 13.8. The summed E-state index contributed by atoms with van der Waals surface area (Å²) in [6.45, 7) is 4.85. The Balaban J connectivity index is 0.000000442. The van der Waals surface area contributed by atoms with E-state index in [4.69, 9.17) is 36.8 Å². The summed E-state index contributed by atoms with van der Waals surface area (Å²) in [5.41, 5.74) is -2.22. The highest BCUT2D eigenvalue weighted by atomic mass is 35.5. The van der Waals surface area contributed by atoms with Gasteiger partial charge in [-0.15, -0.1) is 4.91 Å². The van der Waals surface area contributed by atoms with Crippen molar-refractivity contribution in [1.29, 1.82) is 0 Å². The standard InChI is InChI=1S/C27H30ClN3O5S.C6H8O7/c1-5-27(25(33)34,26(37-29-35)12-14-30(3)15-13-26)23-17(2)31(22-11-10-20(36-4)16-21(22)23)24(32)18-6-8-19(28)9-7-18;7-3(8)1-6(13,5(11)12)2-4(9)10/h6-11,16H,5,12-15H2,1-4H3,(H,33,34);13H,1-2H2,(H,7,8)(H,9,10)(H,11,12). The van der Waals surface area contributed by atoms with Gasteiger partial charge in [0.2, 0.25) is 0 Å². The SMILES string of the molecule is CCC(C(=O)O)(c1c(C)n(C(=O)c2ccc(Cl)cc2)c2ccc(OC)cc12)C1(SN=O)CCN(C)CC1.O=C(O)CC(O)(CC(=O)O)C(=O)O. The molecule has 2 heterocycles. The number of hydrogen-bond acceptors (Lipinski definition) is 11. The smallest absolute Gasteiger partial charge is 0.336 e. The first-order valence-corrected chi connectivity index (χ1v) is 16.4. The van der Waals surface area contributed by atoms with Crippen molar-refractivity contribution < 1.29 is 54.2 Å². The monoisotopic (exact) mass is 735 g/mol. The second kappa shape index (κ2) is 16.0. The number of nitroso groups, excluding NO2 is 1. The number of methoxy groups -OCH3 is 1. The molecule has 4 rings (SSSR count). The number of aliphatic carboxylic acids is 4. The quantitative estimate of drug-likeness (QED) is 0.119. The summed E-state index contributed by atoms with van der Waals surface area (Å²) in [5.74, 6) is -5.82. The molecule has 0 amide bonds. The topological polar surface area (TPSA) is 233 Å². The zero-order valence-corrected chi connectivity index (χ0v) is 29.3. The van der Waals surface area contributed by atoms with Gasteiger partial charge in [0.15, 0.2) is 5.60 Å². The van der Waals surface area contributed by atoms with E-state index in [-0.39, 0.29) is 12.3 Å². The lowest BCUT2D eigenvalue weighted by molar-refractivity contribution is -0.170. The molecule has 0 saturated carbocycles. The fourth-order valence-electron chi connectivity index (χ4n) is 6.59. The Morgan fingerprint density at radius 2 is 1.52 bits per heavy atom. The molecular formula is C33H38ClN3O12S. The highest BCUT2D eigenvalue weighted by molar-refractivity contribution is 7.99. The van der Waals surface area contributed by atoms with E-state index in [1.165, 1.54) is 0 Å². The van der Waals surface area contributed by atoms with E-state index in [1.54, 1.807) is 61.1 Å². The van der Waals surface area contributed by atoms with Crippen LogP contribution in [0.1, 0.15) is 60.6 Å². The van der Waals surface area contributed by atoms with E-state index in [2.05, 4.69) is 9.48 Å². The van der Waals surface area contributed by atoms with Crippen LogP contribution in [0.5, 0.6) is 5.75 Å². The number of carbonyl (C=O) groups is 5. The third kappa shape index (κ3) is 7.78. The number of carboxylic acid groups (broad SMARTS) is 4. The molecule has 0 spiro atoms. The van der Waals surface area contributed by atoms with Crippen LogP contribution in [-0.2, 0) is 24.6 Å². The van der Waals surface area contributed by atoms with Gasteiger partial charge in [0.25, 0.3) is 5.91 Å². The lowest BCUT2D eigenvalue weighted by atomic mass is 9.63. The number of carbonyl (C=O) groups excluding carboxylic acids is 1. The minimum atomic E-state index is -2.74. The molecule has 15 nitrogen and oxygen atoms in total. The summed E-state index contributed by atoms with van der Waals surface area (Å²) in [7, 11) is 3.52. The fourth-order valence-corrected chi connectivity index (χ4v) is 7.71. The average molecular weight is 736 g/mol. The number of benzene rings is 2. The predicted octanol–water partition coefficient (Wildman–Crippen LogP) is 4.66. The number of hydrogen-bond donors (Lipinski definition) is 5. The molecule has 1 atom stereocenters. The minimum absolute atomic E-state index is 0.209. The number of aliphatic hydroxyl groups is 1. The van der Waals surface area contributed by atoms with Crippen LogP contribution in [0.15, 0.2) is 47.0 Å². The Hall–Kier alpha value is -4.51. The van der Waals surface area contributed by atoms with Crippen LogP contribution in [0, 0.1) is 11.8 Å². The summed E-state index contributed by atoms with van der Waals surface area (Å²) in [4.78, 5) is 71.6. The zero-order valence-electron chi connectivity index (χ0n) is 27.7. The van der Waals surface area contributed by atoms with E-state index in [0.717, 1.165) is 11.9 Å². The minimum Gasteiger partial charge on any atom is -0.497 e. The molecule has 1 aromatic heterocycles. The van der Waals surface area contributed by atoms with Crippen LogP contribution in [-0.4, -0.2) is 102 Å². The molecule has 1 aliphatic rings. The van der Waals surface area contributed by atoms with Crippen molar-refractivity contribution >= 4 is 64.2 Å². The van der Waals surface area contributed by atoms with Crippen molar-refractivity contribution in [3.63, 3.8) is 0 Å². The molecule has 3 aromatic rings. The Morgan fingerprint density at radius 3 is 1.96 bits per heavy atom. The number of halogens is 1. The number of ether oxygens (including phenoxy) is 1. The molecule has 2 aromatic carbocycles. The largest absolute Gasteiger partial charge is 0.497 e. The molecular weight excluding hydrogens is 698 g/mol. The van der Waals surface area contributed by atoms with Gasteiger partial charge in [0.05, 0.1) is 30.2 Å². The molecule has 0 radical (unpaired) electrons. The number of fused-ring (bicyclic) bond motifs is 1.